The summed E-state index contributed by atoms with van der Waals surface area (Å²) in [6, 6.07) is 7.78. The minimum absolute atomic E-state index is 0.175. The number of nitrogens with one attached hydrogen (secondary N) is 1. The Kier molecular flexibility index (Phi) is 4.95. The minimum atomic E-state index is -0.422. The van der Waals surface area contributed by atoms with Crippen LogP contribution in [-0.4, -0.2) is 12.5 Å². The zero-order chi connectivity index (χ0) is 13.6. The summed E-state index contributed by atoms with van der Waals surface area (Å²) < 4.78 is 5.52. The van der Waals surface area contributed by atoms with Crippen LogP contribution in [0.2, 0.25) is 0 Å². The first-order valence-electron chi connectivity index (χ1n) is 6.17. The van der Waals surface area contributed by atoms with Crippen LogP contribution in [-0.2, 0) is 10.3 Å². The van der Waals surface area contributed by atoms with Crippen molar-refractivity contribution in [1.82, 2.24) is 5.32 Å². The highest BCUT2D eigenvalue weighted by atomic mass is 16.5. The maximum Gasteiger partial charge on any atom is 0.244 e. The molecule has 0 aliphatic carbocycles. The van der Waals surface area contributed by atoms with Crippen molar-refractivity contribution < 1.29 is 9.53 Å². The third-order valence-corrected chi connectivity index (χ3v) is 2.67. The maximum absolute atomic E-state index is 11.4. The van der Waals surface area contributed by atoms with Gasteiger partial charge in [0.05, 0.1) is 12.1 Å². The number of hydrogen-bond donors (Lipinski definition) is 1. The van der Waals surface area contributed by atoms with Crippen molar-refractivity contribution in [1.29, 1.82) is 0 Å². The Morgan fingerprint density at radius 1 is 1.39 bits per heavy atom. The highest BCUT2D eigenvalue weighted by molar-refractivity contribution is 5.87. The second-order valence-electron chi connectivity index (χ2n) is 4.69. The number of benzene rings is 1. The van der Waals surface area contributed by atoms with Gasteiger partial charge in [0.15, 0.2) is 0 Å². The SMILES string of the molecule is C=CC(=O)NC(C)(C)c1ccc(OCCC)cc1. The minimum Gasteiger partial charge on any atom is -0.494 e. The van der Waals surface area contributed by atoms with Gasteiger partial charge in [0.25, 0.3) is 0 Å². The standard InChI is InChI=1S/C15H21NO2/c1-5-11-18-13-9-7-12(8-10-13)15(3,4)16-14(17)6-2/h6-10H,2,5,11H2,1,3-4H3,(H,16,17). The molecule has 98 valence electrons. The molecular weight excluding hydrogens is 226 g/mol. The smallest absolute Gasteiger partial charge is 0.244 e. The number of hydrogen-bond acceptors (Lipinski definition) is 2. The van der Waals surface area contributed by atoms with Gasteiger partial charge in [0, 0.05) is 0 Å². The molecule has 0 unspecified atom stereocenters. The van der Waals surface area contributed by atoms with Gasteiger partial charge >= 0.3 is 0 Å². The molecular formula is C15H21NO2. The van der Waals surface area contributed by atoms with Gasteiger partial charge in [0.1, 0.15) is 5.75 Å². The number of carbonyl (C=O) groups is 1. The Hall–Kier alpha value is -1.77. The van der Waals surface area contributed by atoms with Crippen molar-refractivity contribution in [3.05, 3.63) is 42.5 Å². The topological polar surface area (TPSA) is 38.3 Å². The van der Waals surface area contributed by atoms with Gasteiger partial charge in [-0.1, -0.05) is 25.6 Å². The summed E-state index contributed by atoms with van der Waals surface area (Å²) in [5, 5.41) is 2.89. The van der Waals surface area contributed by atoms with Crippen molar-refractivity contribution in [2.24, 2.45) is 0 Å². The van der Waals surface area contributed by atoms with Gasteiger partial charge in [-0.05, 0) is 44.0 Å². The lowest BCUT2D eigenvalue weighted by Crippen LogP contribution is -2.39. The first-order valence-corrected chi connectivity index (χ1v) is 6.17. The quantitative estimate of drug-likeness (QED) is 0.785. The van der Waals surface area contributed by atoms with Crippen LogP contribution in [0.15, 0.2) is 36.9 Å². The van der Waals surface area contributed by atoms with Gasteiger partial charge in [-0.25, -0.2) is 0 Å². The molecule has 0 saturated carbocycles. The highest BCUT2D eigenvalue weighted by Crippen LogP contribution is 2.22. The van der Waals surface area contributed by atoms with Gasteiger partial charge < -0.3 is 10.1 Å². The van der Waals surface area contributed by atoms with E-state index in [9.17, 15) is 4.79 Å². The molecule has 0 heterocycles. The van der Waals surface area contributed by atoms with Gasteiger partial charge in [-0.15, -0.1) is 0 Å². The maximum atomic E-state index is 11.4. The van der Waals surface area contributed by atoms with Crippen LogP contribution in [0.3, 0.4) is 0 Å². The van der Waals surface area contributed by atoms with Gasteiger partial charge in [-0.2, -0.15) is 0 Å². The molecule has 3 nitrogen and oxygen atoms in total. The van der Waals surface area contributed by atoms with Crippen molar-refractivity contribution in [3.8, 4) is 5.75 Å². The van der Waals surface area contributed by atoms with Crippen LogP contribution in [0.4, 0.5) is 0 Å². The molecule has 0 atom stereocenters. The molecule has 0 bridgehead atoms. The Morgan fingerprint density at radius 2 is 2.00 bits per heavy atom. The molecule has 0 aliphatic rings. The van der Waals surface area contributed by atoms with Gasteiger partial charge in [0.2, 0.25) is 5.91 Å². The van der Waals surface area contributed by atoms with E-state index in [4.69, 9.17) is 4.74 Å². The third kappa shape index (κ3) is 3.91. The summed E-state index contributed by atoms with van der Waals surface area (Å²) in [4.78, 5) is 11.4. The summed E-state index contributed by atoms with van der Waals surface area (Å²) >= 11 is 0. The molecule has 0 saturated heterocycles. The summed E-state index contributed by atoms with van der Waals surface area (Å²) in [5.41, 5.74) is 0.607. The third-order valence-electron chi connectivity index (χ3n) is 2.67. The zero-order valence-corrected chi connectivity index (χ0v) is 11.3. The van der Waals surface area contributed by atoms with E-state index in [1.165, 1.54) is 6.08 Å². The molecule has 0 aliphatic heterocycles. The Balaban J connectivity index is 2.76. The van der Waals surface area contributed by atoms with E-state index in [2.05, 4.69) is 18.8 Å². The van der Waals surface area contributed by atoms with E-state index in [1.807, 2.05) is 38.1 Å². The summed E-state index contributed by atoms with van der Waals surface area (Å²) in [5.74, 6) is 0.678. The largest absolute Gasteiger partial charge is 0.494 e. The molecule has 0 radical (unpaired) electrons. The number of rotatable bonds is 6. The van der Waals surface area contributed by atoms with Crippen LogP contribution in [0.5, 0.6) is 5.75 Å². The lowest BCUT2D eigenvalue weighted by Gasteiger charge is -2.26. The Labute approximate surface area is 109 Å². The highest BCUT2D eigenvalue weighted by Gasteiger charge is 2.21. The summed E-state index contributed by atoms with van der Waals surface area (Å²) in [7, 11) is 0. The molecule has 18 heavy (non-hydrogen) atoms. The fourth-order valence-electron chi connectivity index (χ4n) is 1.62. The number of ether oxygens (including phenoxy) is 1. The number of carbonyl (C=O) groups excluding carboxylic acids is 1. The van der Waals surface area contributed by atoms with Crippen LogP contribution < -0.4 is 10.1 Å². The lowest BCUT2D eigenvalue weighted by atomic mass is 9.94. The second kappa shape index (κ2) is 6.24. The molecule has 0 aromatic heterocycles. The second-order valence-corrected chi connectivity index (χ2v) is 4.69. The zero-order valence-electron chi connectivity index (χ0n) is 11.3. The fraction of sp³-hybridized carbons (Fsp3) is 0.400. The van der Waals surface area contributed by atoms with E-state index >= 15 is 0 Å². The van der Waals surface area contributed by atoms with E-state index in [-0.39, 0.29) is 5.91 Å². The lowest BCUT2D eigenvalue weighted by molar-refractivity contribution is -0.118. The van der Waals surface area contributed by atoms with E-state index in [0.717, 1.165) is 24.3 Å². The average Bonchev–Trinajstić information content (AvgIpc) is 2.36. The van der Waals surface area contributed by atoms with Crippen molar-refractivity contribution >= 4 is 5.91 Å². The van der Waals surface area contributed by atoms with Gasteiger partial charge in [-0.3, -0.25) is 4.79 Å². The average molecular weight is 247 g/mol. The fourth-order valence-corrected chi connectivity index (χ4v) is 1.62. The first-order chi connectivity index (χ1) is 8.49. The molecule has 3 heteroatoms. The predicted molar refractivity (Wildman–Crippen MR) is 73.6 cm³/mol. The Bertz CT molecular complexity index is 407. The van der Waals surface area contributed by atoms with Crippen LogP contribution in [0.1, 0.15) is 32.8 Å². The number of amides is 1. The Morgan fingerprint density at radius 3 is 2.50 bits per heavy atom. The monoisotopic (exact) mass is 247 g/mol. The van der Waals surface area contributed by atoms with Crippen LogP contribution in [0.25, 0.3) is 0 Å². The van der Waals surface area contributed by atoms with E-state index < -0.39 is 5.54 Å². The van der Waals surface area contributed by atoms with Crippen LogP contribution in [0, 0.1) is 0 Å². The molecule has 0 fully saturated rings. The molecule has 1 rings (SSSR count). The predicted octanol–water partition coefficient (Wildman–Crippen LogP) is 3.01. The molecule has 1 aromatic rings. The van der Waals surface area contributed by atoms with Crippen LogP contribution >= 0.6 is 0 Å². The normalized spacial score (nSPS) is 10.8. The summed E-state index contributed by atoms with van der Waals surface area (Å²) in [6.45, 7) is 10.2. The van der Waals surface area contributed by atoms with Crippen molar-refractivity contribution in [3.63, 3.8) is 0 Å². The first kappa shape index (κ1) is 14.3. The van der Waals surface area contributed by atoms with Crippen molar-refractivity contribution in [2.45, 2.75) is 32.7 Å². The van der Waals surface area contributed by atoms with Crippen molar-refractivity contribution in [2.75, 3.05) is 6.61 Å². The molecule has 1 aromatic carbocycles. The molecule has 1 N–H and O–H groups in total. The van der Waals surface area contributed by atoms with E-state index in [1.54, 1.807) is 0 Å². The molecule has 1 amide bonds. The summed E-state index contributed by atoms with van der Waals surface area (Å²) in [6.07, 6.45) is 2.27. The van der Waals surface area contributed by atoms with E-state index in [0.29, 0.717) is 0 Å². The molecule has 0 spiro atoms.